The number of benzene rings is 2. The maximum absolute atomic E-state index is 3.45. The lowest BCUT2D eigenvalue weighted by Crippen LogP contribution is -2.65. The van der Waals surface area contributed by atoms with Gasteiger partial charge in [-0.05, 0) is 198 Å². The number of rotatable bonds is 3. The Bertz CT molecular complexity index is 1520. The first-order chi connectivity index (χ1) is 21.5. The molecular weight excluding hydrogens is 528 g/mol. The molecule has 8 bridgehead atoms. The monoisotopic (exact) mass is 574 g/mol. The fourth-order valence-electron chi connectivity index (χ4n) is 13.0. The van der Waals surface area contributed by atoms with Crippen LogP contribution in [0.1, 0.15) is 125 Å². The van der Waals surface area contributed by atoms with E-state index in [1.54, 1.807) is 11.1 Å². The molecule has 0 saturated heterocycles. The summed E-state index contributed by atoms with van der Waals surface area (Å²) in [5.41, 5.74) is 8.26. The normalized spacial score (nSPS) is 38.4. The Kier molecular flexibility index (Phi) is 6.82. The quantitative estimate of drug-likeness (QED) is 0.321. The van der Waals surface area contributed by atoms with Crippen LogP contribution in [0.5, 0.6) is 0 Å². The van der Waals surface area contributed by atoms with E-state index in [1.165, 1.54) is 64.2 Å². The molecule has 0 heteroatoms. The van der Waals surface area contributed by atoms with E-state index in [1.807, 2.05) is 27.7 Å². The molecule has 0 heterocycles. The first-order valence-corrected chi connectivity index (χ1v) is 17.5. The van der Waals surface area contributed by atoms with Crippen molar-refractivity contribution in [2.45, 2.75) is 103 Å². The summed E-state index contributed by atoms with van der Waals surface area (Å²) in [7, 11) is 0. The van der Waals surface area contributed by atoms with Crippen LogP contribution in [0.25, 0.3) is 0 Å². The van der Waals surface area contributed by atoms with Gasteiger partial charge in [0.25, 0.3) is 0 Å². The van der Waals surface area contributed by atoms with Crippen LogP contribution < -0.4 is 0 Å². The Morgan fingerprint density at radius 2 is 0.727 bits per heavy atom. The Labute approximate surface area is 266 Å². The minimum absolute atomic E-state index is 0.240. The van der Waals surface area contributed by atoms with Crippen molar-refractivity contribution >= 4 is 0 Å². The maximum Gasteiger partial charge on any atom is 0.0260 e. The third-order valence-electron chi connectivity index (χ3n) is 13.3. The van der Waals surface area contributed by atoms with Gasteiger partial charge in [-0.15, -0.1) is 23.7 Å². The van der Waals surface area contributed by atoms with E-state index in [0.717, 1.165) is 69.6 Å². The van der Waals surface area contributed by atoms with Gasteiger partial charge in [-0.3, -0.25) is 0 Å². The second kappa shape index (κ2) is 10.6. The molecule has 0 aromatic heterocycles. The third kappa shape index (κ3) is 4.33. The van der Waals surface area contributed by atoms with Crippen molar-refractivity contribution in [3.8, 4) is 47.4 Å². The molecular formula is C44H46. The molecule has 8 saturated carbocycles. The van der Waals surface area contributed by atoms with Crippen LogP contribution >= 0.6 is 0 Å². The number of hydrogen-bond donors (Lipinski definition) is 0. The molecule has 10 rings (SSSR count). The summed E-state index contributed by atoms with van der Waals surface area (Å²) in [5.74, 6) is 33.3. The fourth-order valence-corrected chi connectivity index (χ4v) is 13.0. The smallest absolute Gasteiger partial charge is 0.0260 e. The zero-order valence-corrected chi connectivity index (χ0v) is 27.2. The third-order valence-corrected chi connectivity index (χ3v) is 13.3. The zero-order chi connectivity index (χ0) is 30.1. The topological polar surface area (TPSA) is 0 Å². The highest BCUT2D eigenvalue weighted by atomic mass is 14.7. The van der Waals surface area contributed by atoms with Gasteiger partial charge in [0, 0.05) is 22.3 Å². The average molecular weight is 575 g/mol. The Hall–Kier alpha value is -3.32. The molecule has 0 amide bonds. The van der Waals surface area contributed by atoms with Gasteiger partial charge in [-0.1, -0.05) is 23.7 Å². The van der Waals surface area contributed by atoms with Crippen molar-refractivity contribution in [2.24, 2.45) is 47.3 Å². The van der Waals surface area contributed by atoms with E-state index in [-0.39, 0.29) is 10.8 Å². The van der Waals surface area contributed by atoms with E-state index >= 15 is 0 Å². The van der Waals surface area contributed by atoms with Gasteiger partial charge >= 0.3 is 0 Å². The molecule has 0 spiro atoms. The second-order valence-electron chi connectivity index (χ2n) is 15.7. The Balaban J connectivity index is 1.34. The van der Waals surface area contributed by atoms with Crippen LogP contribution in [0.2, 0.25) is 0 Å². The van der Waals surface area contributed by atoms with Crippen LogP contribution in [-0.4, -0.2) is 0 Å². The van der Waals surface area contributed by atoms with Crippen LogP contribution in [0.15, 0.2) is 36.4 Å². The van der Waals surface area contributed by atoms with Crippen molar-refractivity contribution in [1.29, 1.82) is 0 Å². The summed E-state index contributed by atoms with van der Waals surface area (Å²) in [5, 5.41) is 0. The van der Waals surface area contributed by atoms with E-state index in [0.29, 0.717) is 0 Å². The maximum atomic E-state index is 3.45. The van der Waals surface area contributed by atoms with Gasteiger partial charge in [0.1, 0.15) is 0 Å². The largest absolute Gasteiger partial charge is 0.101 e. The molecule has 2 aromatic carbocycles. The van der Waals surface area contributed by atoms with E-state index in [9.17, 15) is 0 Å². The summed E-state index contributed by atoms with van der Waals surface area (Å²) in [6.07, 6.45) is 14.2. The van der Waals surface area contributed by atoms with Gasteiger partial charge in [-0.2, -0.15) is 0 Å². The Morgan fingerprint density at radius 1 is 0.432 bits per heavy atom. The molecule has 8 fully saturated rings. The molecule has 222 valence electrons. The molecule has 8 aliphatic carbocycles. The number of fused-ring (bicyclic) bond motifs is 1. The molecule has 0 radical (unpaired) electrons. The summed E-state index contributed by atoms with van der Waals surface area (Å²) >= 11 is 0. The Morgan fingerprint density at radius 3 is 1.00 bits per heavy atom. The van der Waals surface area contributed by atoms with E-state index in [4.69, 9.17) is 0 Å². The lowest BCUT2D eigenvalue weighted by Gasteiger charge is -2.71. The molecule has 6 atom stereocenters. The van der Waals surface area contributed by atoms with Crippen LogP contribution in [0, 0.1) is 94.7 Å². The average Bonchev–Trinajstić information content (AvgIpc) is 2.98. The predicted molar refractivity (Wildman–Crippen MR) is 181 cm³/mol. The van der Waals surface area contributed by atoms with Gasteiger partial charge < -0.3 is 0 Å². The lowest BCUT2D eigenvalue weighted by molar-refractivity contribution is -0.163. The van der Waals surface area contributed by atoms with Gasteiger partial charge in [0.2, 0.25) is 0 Å². The minimum Gasteiger partial charge on any atom is -0.101 e. The van der Waals surface area contributed by atoms with Crippen LogP contribution in [0.4, 0.5) is 0 Å². The summed E-state index contributed by atoms with van der Waals surface area (Å²) in [6.45, 7) is 7.88. The first kappa shape index (κ1) is 28.2. The van der Waals surface area contributed by atoms with E-state index < -0.39 is 0 Å². The molecule has 44 heavy (non-hydrogen) atoms. The predicted octanol–water partition coefficient (Wildman–Crippen LogP) is 9.26. The highest BCUT2D eigenvalue weighted by molar-refractivity contribution is 5.52. The molecule has 8 aliphatic rings. The zero-order valence-electron chi connectivity index (χ0n) is 27.2. The van der Waals surface area contributed by atoms with Gasteiger partial charge in [-0.25, -0.2) is 0 Å². The van der Waals surface area contributed by atoms with Crippen molar-refractivity contribution in [2.75, 3.05) is 0 Å². The van der Waals surface area contributed by atoms with E-state index in [2.05, 4.69) is 83.8 Å². The molecule has 0 N–H and O–H groups in total. The summed E-state index contributed by atoms with van der Waals surface area (Å²) in [6, 6.07) is 14.5. The van der Waals surface area contributed by atoms with Gasteiger partial charge in [0.05, 0.1) is 0 Å². The minimum atomic E-state index is 0.240. The number of hydrogen-bond acceptors (Lipinski definition) is 0. The van der Waals surface area contributed by atoms with Crippen LogP contribution in [-0.2, 0) is 10.8 Å². The molecule has 6 unspecified atom stereocenters. The fraction of sp³-hybridized carbons (Fsp3) is 0.545. The summed E-state index contributed by atoms with van der Waals surface area (Å²) in [4.78, 5) is 0. The molecule has 0 nitrogen and oxygen atoms in total. The highest BCUT2D eigenvalue weighted by Gasteiger charge is 2.67. The standard InChI is InChI=1S/C44H46/c1-5-9-29-13-30(10-6-2)22-39(21-29)43-25-33-15-34(26-43)18-37(17-33)41(43)42-38-19-35-16-36(20-38)28-44(42,27-35)40-23-31(11-7-3)14-32(24-40)12-8-4/h13-14,21-24,33-38,41-42H,15-20,25-28H2,1-4H3. The SMILES string of the molecule is CC#Cc1cc(C#CC)cc(C23CC4CC(CC(C4)C2C2C4CC5CC(C4)CC2(c2cc(C#CC)cc(C#CC)c2)C5)C3)c1. The van der Waals surface area contributed by atoms with Crippen molar-refractivity contribution in [3.05, 3.63) is 69.8 Å². The van der Waals surface area contributed by atoms with Crippen LogP contribution in [0.3, 0.4) is 0 Å². The lowest BCUT2D eigenvalue weighted by atomic mass is 9.33. The van der Waals surface area contributed by atoms with Crippen molar-refractivity contribution < 1.29 is 0 Å². The second-order valence-corrected chi connectivity index (χ2v) is 15.7. The molecule has 2 aromatic rings. The highest BCUT2D eigenvalue weighted by Crippen LogP contribution is 2.73. The molecule has 0 aliphatic heterocycles. The summed E-state index contributed by atoms with van der Waals surface area (Å²) < 4.78 is 0. The van der Waals surface area contributed by atoms with Gasteiger partial charge in [0.15, 0.2) is 0 Å². The van der Waals surface area contributed by atoms with Crippen molar-refractivity contribution in [3.63, 3.8) is 0 Å². The first-order valence-electron chi connectivity index (χ1n) is 17.5. The van der Waals surface area contributed by atoms with Crippen molar-refractivity contribution in [1.82, 2.24) is 0 Å².